The molecule has 2 saturated heterocycles. The maximum atomic E-state index is 12.2. The highest BCUT2D eigenvalue weighted by atomic mass is 32.1. The quantitative estimate of drug-likeness (QED) is 0.783. The molecule has 1 aromatic heterocycles. The maximum absolute atomic E-state index is 12.2. The van der Waals surface area contributed by atoms with E-state index >= 15 is 0 Å². The summed E-state index contributed by atoms with van der Waals surface area (Å²) in [5, 5.41) is 16.8. The first kappa shape index (κ1) is 18.4. The second-order valence-electron chi connectivity index (χ2n) is 5.85. The van der Waals surface area contributed by atoms with Gasteiger partial charge in [-0.3, -0.25) is 4.79 Å². The van der Waals surface area contributed by atoms with Crippen LogP contribution >= 0.6 is 11.3 Å². The number of hydrogen-bond donors (Lipinski definition) is 2. The summed E-state index contributed by atoms with van der Waals surface area (Å²) in [6.45, 7) is 4.39. The molecule has 7 nitrogen and oxygen atoms in total. The lowest BCUT2D eigenvalue weighted by Crippen LogP contribution is -2.45. The van der Waals surface area contributed by atoms with Gasteiger partial charge in [-0.25, -0.2) is 9.59 Å². The third kappa shape index (κ3) is 5.04. The first-order valence-corrected chi connectivity index (χ1v) is 8.90. The number of likely N-dealkylation sites (tertiary alicyclic amines) is 2. The van der Waals surface area contributed by atoms with E-state index in [9.17, 15) is 4.79 Å². The molecule has 2 aliphatic heterocycles. The van der Waals surface area contributed by atoms with Crippen LogP contribution in [0.3, 0.4) is 0 Å². The Balaban J connectivity index is 0.000000301. The van der Waals surface area contributed by atoms with Gasteiger partial charge in [-0.1, -0.05) is 6.07 Å². The van der Waals surface area contributed by atoms with E-state index in [1.165, 1.54) is 25.9 Å². The van der Waals surface area contributed by atoms with Crippen molar-refractivity contribution in [3.63, 3.8) is 0 Å². The number of carboxylic acid groups (broad SMARTS) is 2. The van der Waals surface area contributed by atoms with E-state index in [2.05, 4.69) is 4.90 Å². The summed E-state index contributed by atoms with van der Waals surface area (Å²) in [7, 11) is 0. The zero-order valence-corrected chi connectivity index (χ0v) is 14.2. The molecule has 8 heteroatoms. The average molecular weight is 354 g/mol. The van der Waals surface area contributed by atoms with Gasteiger partial charge in [0.2, 0.25) is 0 Å². The number of rotatable bonds is 2. The molecule has 0 unspecified atom stereocenters. The number of carboxylic acids is 2. The van der Waals surface area contributed by atoms with Crippen LogP contribution in [-0.2, 0) is 9.59 Å². The second-order valence-corrected chi connectivity index (χ2v) is 6.80. The molecular formula is C16H22N2O5S. The Morgan fingerprint density at radius 1 is 1.00 bits per heavy atom. The summed E-state index contributed by atoms with van der Waals surface area (Å²) in [4.78, 5) is 35.9. The summed E-state index contributed by atoms with van der Waals surface area (Å²) < 4.78 is 0. The first-order valence-electron chi connectivity index (χ1n) is 8.02. The van der Waals surface area contributed by atoms with Gasteiger partial charge in [0, 0.05) is 19.1 Å². The highest BCUT2D eigenvalue weighted by molar-refractivity contribution is 7.12. The Hall–Kier alpha value is -1.93. The zero-order chi connectivity index (χ0) is 17.5. The first-order chi connectivity index (χ1) is 11.5. The Kier molecular flexibility index (Phi) is 6.74. The minimum atomic E-state index is -1.82. The van der Waals surface area contributed by atoms with Crippen molar-refractivity contribution < 1.29 is 24.6 Å². The monoisotopic (exact) mass is 354 g/mol. The summed E-state index contributed by atoms with van der Waals surface area (Å²) in [6.07, 6.45) is 5.01. The van der Waals surface area contributed by atoms with Crippen molar-refractivity contribution in [2.24, 2.45) is 0 Å². The number of piperidine rings is 1. The van der Waals surface area contributed by atoms with Crippen LogP contribution in [0.2, 0.25) is 0 Å². The standard InChI is InChI=1S/C14H20N2OS.C2H2O4/c17-14(13-4-3-11-18-13)16-9-5-12(6-10-16)15-7-1-2-8-15;3-1(4)2(5)6/h3-4,11-12H,1-2,5-10H2;(H,3,4)(H,5,6). The van der Waals surface area contributed by atoms with Crippen molar-refractivity contribution in [2.45, 2.75) is 31.7 Å². The smallest absolute Gasteiger partial charge is 0.414 e. The number of aliphatic carboxylic acids is 2. The van der Waals surface area contributed by atoms with Crippen molar-refractivity contribution in [3.8, 4) is 0 Å². The molecule has 0 atom stereocenters. The Morgan fingerprint density at radius 2 is 1.58 bits per heavy atom. The zero-order valence-electron chi connectivity index (χ0n) is 13.4. The fourth-order valence-electron chi connectivity index (χ4n) is 3.10. The van der Waals surface area contributed by atoms with Crippen molar-refractivity contribution in [1.82, 2.24) is 9.80 Å². The lowest BCUT2D eigenvalue weighted by Gasteiger charge is -2.36. The van der Waals surface area contributed by atoms with Crippen LogP contribution in [0.1, 0.15) is 35.4 Å². The van der Waals surface area contributed by atoms with Gasteiger partial charge in [0.1, 0.15) is 0 Å². The molecule has 0 aromatic carbocycles. The van der Waals surface area contributed by atoms with E-state index < -0.39 is 11.9 Å². The van der Waals surface area contributed by atoms with Gasteiger partial charge >= 0.3 is 11.9 Å². The average Bonchev–Trinajstić information content (AvgIpc) is 3.28. The normalized spacial score (nSPS) is 18.8. The molecule has 132 valence electrons. The molecule has 0 aliphatic carbocycles. The highest BCUT2D eigenvalue weighted by Gasteiger charge is 2.28. The van der Waals surface area contributed by atoms with E-state index in [4.69, 9.17) is 19.8 Å². The fourth-order valence-corrected chi connectivity index (χ4v) is 3.79. The van der Waals surface area contributed by atoms with E-state index in [0.717, 1.165) is 36.9 Å². The van der Waals surface area contributed by atoms with Crippen molar-refractivity contribution >= 4 is 29.2 Å². The van der Waals surface area contributed by atoms with E-state index in [1.54, 1.807) is 11.3 Å². The maximum Gasteiger partial charge on any atom is 0.414 e. The van der Waals surface area contributed by atoms with Crippen LogP contribution in [0.5, 0.6) is 0 Å². The van der Waals surface area contributed by atoms with Gasteiger partial charge in [-0.2, -0.15) is 0 Å². The second kappa shape index (κ2) is 8.79. The van der Waals surface area contributed by atoms with Gasteiger partial charge < -0.3 is 20.0 Å². The van der Waals surface area contributed by atoms with E-state index in [0.29, 0.717) is 0 Å². The van der Waals surface area contributed by atoms with Crippen molar-refractivity contribution in [3.05, 3.63) is 22.4 Å². The molecule has 0 saturated carbocycles. The summed E-state index contributed by atoms with van der Waals surface area (Å²) in [5.41, 5.74) is 0. The molecule has 2 N–H and O–H groups in total. The van der Waals surface area contributed by atoms with Gasteiger partial charge in [0.25, 0.3) is 5.91 Å². The number of carbonyl (C=O) groups is 3. The highest BCUT2D eigenvalue weighted by Crippen LogP contribution is 2.22. The molecule has 1 aromatic rings. The number of carbonyl (C=O) groups excluding carboxylic acids is 1. The molecule has 0 radical (unpaired) electrons. The van der Waals surface area contributed by atoms with Crippen LogP contribution in [0, 0.1) is 0 Å². The Labute approximate surface area is 144 Å². The van der Waals surface area contributed by atoms with Crippen molar-refractivity contribution in [1.29, 1.82) is 0 Å². The lowest BCUT2D eigenvalue weighted by atomic mass is 10.0. The molecule has 2 fully saturated rings. The number of amides is 1. The SMILES string of the molecule is O=C(O)C(=O)O.O=C(c1cccs1)N1CCC(N2CCCC2)CC1. The number of hydrogen-bond acceptors (Lipinski definition) is 5. The van der Waals surface area contributed by atoms with Crippen LogP contribution in [0.15, 0.2) is 17.5 Å². The summed E-state index contributed by atoms with van der Waals surface area (Å²) in [6, 6.07) is 4.61. The van der Waals surface area contributed by atoms with Crippen LogP contribution in [0.25, 0.3) is 0 Å². The topological polar surface area (TPSA) is 98.1 Å². The molecular weight excluding hydrogens is 332 g/mol. The van der Waals surface area contributed by atoms with Gasteiger partial charge in [-0.05, 0) is 50.2 Å². The molecule has 0 spiro atoms. The molecule has 24 heavy (non-hydrogen) atoms. The van der Waals surface area contributed by atoms with E-state index in [-0.39, 0.29) is 5.91 Å². The van der Waals surface area contributed by atoms with Crippen LogP contribution in [-0.4, -0.2) is 70.1 Å². The molecule has 3 rings (SSSR count). The largest absolute Gasteiger partial charge is 0.473 e. The molecule has 1 amide bonds. The molecule has 0 bridgehead atoms. The Morgan fingerprint density at radius 3 is 2.04 bits per heavy atom. The number of nitrogens with zero attached hydrogens (tertiary/aromatic N) is 2. The van der Waals surface area contributed by atoms with Gasteiger partial charge in [0.05, 0.1) is 4.88 Å². The summed E-state index contributed by atoms with van der Waals surface area (Å²) >= 11 is 1.55. The van der Waals surface area contributed by atoms with Crippen LogP contribution < -0.4 is 0 Å². The molecule has 2 aliphatic rings. The fraction of sp³-hybridized carbons (Fsp3) is 0.562. The van der Waals surface area contributed by atoms with Gasteiger partial charge in [0.15, 0.2) is 0 Å². The van der Waals surface area contributed by atoms with Crippen molar-refractivity contribution in [2.75, 3.05) is 26.2 Å². The minimum Gasteiger partial charge on any atom is -0.473 e. The number of thiophene rings is 1. The third-order valence-corrected chi connectivity index (χ3v) is 5.18. The predicted octanol–water partition coefficient (Wildman–Crippen LogP) is 1.60. The minimum absolute atomic E-state index is 0.227. The Bertz CT molecular complexity index is 549. The molecule has 3 heterocycles. The van der Waals surface area contributed by atoms with Gasteiger partial charge in [-0.15, -0.1) is 11.3 Å². The third-order valence-electron chi connectivity index (χ3n) is 4.32. The van der Waals surface area contributed by atoms with Crippen LogP contribution in [0.4, 0.5) is 0 Å². The summed E-state index contributed by atoms with van der Waals surface area (Å²) in [5.74, 6) is -3.42. The van der Waals surface area contributed by atoms with E-state index in [1.807, 2.05) is 22.4 Å². The predicted molar refractivity (Wildman–Crippen MR) is 89.3 cm³/mol. The lowest BCUT2D eigenvalue weighted by molar-refractivity contribution is -0.159.